The maximum atomic E-state index is 5.76. The van der Waals surface area contributed by atoms with Crippen molar-refractivity contribution in [3.05, 3.63) is 42.7 Å². The fraction of sp³-hybridized carbons (Fsp3) is 0.409. The zero-order valence-electron chi connectivity index (χ0n) is 17.0. The summed E-state index contributed by atoms with van der Waals surface area (Å²) in [5.41, 5.74) is 4.11. The number of rotatable bonds is 8. The summed E-state index contributed by atoms with van der Waals surface area (Å²) in [7, 11) is 3.37. The van der Waals surface area contributed by atoms with Crippen molar-refractivity contribution in [3.8, 4) is 16.9 Å². The number of ether oxygens (including phenoxy) is 4. The summed E-state index contributed by atoms with van der Waals surface area (Å²) < 4.78 is 24.0. The van der Waals surface area contributed by atoms with Crippen molar-refractivity contribution in [2.45, 2.75) is 6.73 Å². The number of benzene rings is 1. The highest BCUT2D eigenvalue weighted by Crippen LogP contribution is 2.37. The van der Waals surface area contributed by atoms with Gasteiger partial charge in [-0.1, -0.05) is 18.2 Å². The lowest BCUT2D eigenvalue weighted by atomic mass is 10.0. The Hall–Kier alpha value is -2.61. The molecule has 0 amide bonds. The molecule has 1 saturated heterocycles. The van der Waals surface area contributed by atoms with Crippen molar-refractivity contribution in [2.24, 2.45) is 0 Å². The first-order valence-electron chi connectivity index (χ1n) is 9.83. The van der Waals surface area contributed by atoms with E-state index < -0.39 is 0 Å². The van der Waals surface area contributed by atoms with Gasteiger partial charge in [-0.15, -0.1) is 0 Å². The Bertz CT molecular complexity index is 950. The van der Waals surface area contributed by atoms with E-state index in [2.05, 4.69) is 23.2 Å². The van der Waals surface area contributed by atoms with Crippen LogP contribution in [0.4, 0.5) is 5.69 Å². The molecule has 2 aromatic heterocycles. The van der Waals surface area contributed by atoms with Crippen LogP contribution < -0.4 is 9.64 Å². The Morgan fingerprint density at radius 2 is 1.90 bits per heavy atom. The first-order valence-corrected chi connectivity index (χ1v) is 9.83. The molecule has 3 heterocycles. The normalized spacial score (nSPS) is 14.5. The first-order chi connectivity index (χ1) is 14.3. The summed E-state index contributed by atoms with van der Waals surface area (Å²) >= 11 is 0. The molecule has 0 unspecified atom stereocenters. The molecule has 7 nitrogen and oxygen atoms in total. The fourth-order valence-corrected chi connectivity index (χ4v) is 3.64. The monoisotopic (exact) mass is 397 g/mol. The van der Waals surface area contributed by atoms with Gasteiger partial charge < -0.3 is 28.4 Å². The zero-order valence-corrected chi connectivity index (χ0v) is 17.0. The van der Waals surface area contributed by atoms with Gasteiger partial charge >= 0.3 is 0 Å². The number of nitrogens with zero attached hydrogens (tertiary/aromatic N) is 3. The Kier molecular flexibility index (Phi) is 6.29. The Balaban J connectivity index is 1.76. The maximum Gasteiger partial charge on any atom is 0.142 e. The van der Waals surface area contributed by atoms with Crippen molar-refractivity contribution in [1.29, 1.82) is 0 Å². The Morgan fingerprint density at radius 3 is 2.69 bits per heavy atom. The van der Waals surface area contributed by atoms with E-state index in [1.165, 1.54) is 0 Å². The van der Waals surface area contributed by atoms with E-state index in [9.17, 15) is 0 Å². The molecule has 0 atom stereocenters. The molecule has 29 heavy (non-hydrogen) atoms. The van der Waals surface area contributed by atoms with Crippen molar-refractivity contribution in [1.82, 2.24) is 9.55 Å². The number of aromatic nitrogens is 2. The summed E-state index contributed by atoms with van der Waals surface area (Å²) in [6.07, 6.45) is 4.02. The van der Waals surface area contributed by atoms with Crippen LogP contribution in [0.2, 0.25) is 0 Å². The molecule has 0 spiro atoms. The molecule has 0 aliphatic carbocycles. The van der Waals surface area contributed by atoms with Gasteiger partial charge in [-0.05, 0) is 12.1 Å². The molecule has 0 bridgehead atoms. The summed E-state index contributed by atoms with van der Waals surface area (Å²) in [5, 5.41) is 1.08. The van der Waals surface area contributed by atoms with E-state index in [0.717, 1.165) is 59.9 Å². The van der Waals surface area contributed by atoms with Gasteiger partial charge in [0, 0.05) is 42.9 Å². The quantitative estimate of drug-likeness (QED) is 0.544. The van der Waals surface area contributed by atoms with Gasteiger partial charge in [0.2, 0.25) is 0 Å². The number of para-hydroxylation sites is 1. The average Bonchev–Trinajstić information content (AvgIpc) is 3.15. The molecule has 1 aliphatic heterocycles. The second-order valence-electron chi connectivity index (χ2n) is 6.91. The molecule has 154 valence electrons. The van der Waals surface area contributed by atoms with Gasteiger partial charge in [0.05, 0.1) is 45.4 Å². The summed E-state index contributed by atoms with van der Waals surface area (Å²) in [4.78, 5) is 7.10. The molecule has 1 aliphatic rings. The minimum Gasteiger partial charge on any atom is -0.496 e. The first kappa shape index (κ1) is 19.7. The van der Waals surface area contributed by atoms with E-state index in [1.54, 1.807) is 14.2 Å². The molecule has 1 fully saturated rings. The SMILES string of the molecule is COCCOCn1cc(-c2ccccc2OC)c2cc(N3CCOCC3)cnc21. The largest absolute Gasteiger partial charge is 0.496 e. The number of hydrogen-bond donors (Lipinski definition) is 0. The van der Waals surface area contributed by atoms with Crippen LogP contribution in [0, 0.1) is 0 Å². The molecule has 0 saturated carbocycles. The van der Waals surface area contributed by atoms with Crippen molar-refractivity contribution in [2.75, 3.05) is 58.6 Å². The third-order valence-corrected chi connectivity index (χ3v) is 5.13. The highest BCUT2D eigenvalue weighted by atomic mass is 16.5. The lowest BCUT2D eigenvalue weighted by Gasteiger charge is -2.28. The number of morpholine rings is 1. The van der Waals surface area contributed by atoms with Crippen LogP contribution in [0.5, 0.6) is 5.75 Å². The molecule has 0 N–H and O–H groups in total. The van der Waals surface area contributed by atoms with Gasteiger partial charge in [0.15, 0.2) is 0 Å². The van der Waals surface area contributed by atoms with Crippen molar-refractivity contribution in [3.63, 3.8) is 0 Å². The minimum atomic E-state index is 0.416. The van der Waals surface area contributed by atoms with Crippen LogP contribution >= 0.6 is 0 Å². The average molecular weight is 397 g/mol. The molecule has 0 radical (unpaired) electrons. The van der Waals surface area contributed by atoms with Gasteiger partial charge in [0.25, 0.3) is 0 Å². The predicted octanol–water partition coefficient (Wildman–Crippen LogP) is 3.17. The van der Waals surface area contributed by atoms with Gasteiger partial charge in [-0.2, -0.15) is 0 Å². The Morgan fingerprint density at radius 1 is 1.07 bits per heavy atom. The van der Waals surface area contributed by atoms with E-state index in [0.29, 0.717) is 19.9 Å². The topological polar surface area (TPSA) is 58.0 Å². The highest BCUT2D eigenvalue weighted by Gasteiger charge is 2.18. The third-order valence-electron chi connectivity index (χ3n) is 5.13. The van der Waals surface area contributed by atoms with Crippen LogP contribution in [-0.4, -0.2) is 63.3 Å². The molecule has 4 rings (SSSR count). The number of methoxy groups -OCH3 is 2. The predicted molar refractivity (Wildman–Crippen MR) is 113 cm³/mol. The van der Waals surface area contributed by atoms with Crippen LogP contribution in [-0.2, 0) is 20.9 Å². The van der Waals surface area contributed by atoms with Crippen LogP contribution in [0.15, 0.2) is 42.7 Å². The molecule has 7 heteroatoms. The summed E-state index contributed by atoms with van der Waals surface area (Å²) in [5.74, 6) is 0.837. The van der Waals surface area contributed by atoms with Gasteiger partial charge in [-0.25, -0.2) is 4.98 Å². The van der Waals surface area contributed by atoms with E-state index >= 15 is 0 Å². The highest BCUT2D eigenvalue weighted by molar-refractivity contribution is 5.97. The van der Waals surface area contributed by atoms with Crippen LogP contribution in [0.25, 0.3) is 22.2 Å². The van der Waals surface area contributed by atoms with Gasteiger partial charge in [0.1, 0.15) is 18.1 Å². The zero-order chi connectivity index (χ0) is 20.1. The fourth-order valence-electron chi connectivity index (χ4n) is 3.64. The molecular formula is C22H27N3O4. The maximum absolute atomic E-state index is 5.76. The molecule has 3 aromatic rings. The van der Waals surface area contributed by atoms with E-state index in [-0.39, 0.29) is 0 Å². The van der Waals surface area contributed by atoms with E-state index in [1.807, 2.05) is 29.0 Å². The third kappa shape index (κ3) is 4.22. The standard InChI is InChI=1S/C22H27N3O4/c1-26-11-12-29-16-25-15-20(18-5-3-4-6-21(18)27-2)19-13-17(14-23-22(19)25)24-7-9-28-10-8-24/h3-6,13-15H,7-12,16H2,1-2H3. The number of pyridine rings is 1. The minimum absolute atomic E-state index is 0.416. The van der Waals surface area contributed by atoms with Crippen LogP contribution in [0.1, 0.15) is 0 Å². The lowest BCUT2D eigenvalue weighted by molar-refractivity contribution is 0.0358. The second kappa shape index (κ2) is 9.26. The van der Waals surface area contributed by atoms with Crippen molar-refractivity contribution < 1.29 is 18.9 Å². The second-order valence-corrected chi connectivity index (χ2v) is 6.91. The van der Waals surface area contributed by atoms with Crippen molar-refractivity contribution >= 4 is 16.7 Å². The summed E-state index contributed by atoms with van der Waals surface area (Å²) in [6, 6.07) is 10.3. The number of fused-ring (bicyclic) bond motifs is 1. The van der Waals surface area contributed by atoms with Gasteiger partial charge in [-0.3, -0.25) is 0 Å². The lowest BCUT2D eigenvalue weighted by Crippen LogP contribution is -2.36. The molecular weight excluding hydrogens is 370 g/mol. The Labute approximate surface area is 170 Å². The number of anilines is 1. The summed E-state index contributed by atoms with van der Waals surface area (Å²) in [6.45, 7) is 4.74. The van der Waals surface area contributed by atoms with E-state index in [4.69, 9.17) is 23.9 Å². The number of hydrogen-bond acceptors (Lipinski definition) is 6. The molecule has 1 aromatic carbocycles. The smallest absolute Gasteiger partial charge is 0.142 e. The van der Waals surface area contributed by atoms with Crippen LogP contribution in [0.3, 0.4) is 0 Å².